The van der Waals surface area contributed by atoms with Crippen molar-refractivity contribution >= 4 is 11.6 Å². The highest BCUT2D eigenvalue weighted by atomic mass is 16.2. The number of hydrogen-bond donors (Lipinski definition) is 1. The summed E-state index contributed by atoms with van der Waals surface area (Å²) in [5, 5.41) is 0. The van der Waals surface area contributed by atoms with Crippen LogP contribution >= 0.6 is 0 Å². The number of hydrogen-bond acceptors (Lipinski definition) is 2. The molecule has 1 aliphatic rings. The quantitative estimate of drug-likeness (QED) is 0.854. The van der Waals surface area contributed by atoms with E-state index < -0.39 is 0 Å². The Balaban J connectivity index is 2.51. The van der Waals surface area contributed by atoms with Crippen LogP contribution in [0.2, 0.25) is 0 Å². The van der Waals surface area contributed by atoms with Crippen molar-refractivity contribution in [2.45, 2.75) is 53.0 Å². The summed E-state index contributed by atoms with van der Waals surface area (Å²) in [5.74, 6) is 0.186. The predicted molar refractivity (Wildman–Crippen MR) is 83.8 cm³/mol. The lowest BCUT2D eigenvalue weighted by atomic mass is 9.85. The lowest BCUT2D eigenvalue weighted by molar-refractivity contribution is -0.125. The summed E-state index contributed by atoms with van der Waals surface area (Å²) in [6.07, 6.45) is 2.00. The molecule has 0 radical (unpaired) electrons. The maximum Gasteiger partial charge on any atom is 0.232 e. The van der Waals surface area contributed by atoms with E-state index in [0.717, 1.165) is 30.6 Å². The maximum atomic E-state index is 12.6. The van der Waals surface area contributed by atoms with Gasteiger partial charge in [-0.25, -0.2) is 0 Å². The molecular weight excluding hydrogens is 248 g/mol. The number of fused-ring (bicyclic) bond motifs is 1. The van der Waals surface area contributed by atoms with Crippen molar-refractivity contribution in [3.8, 4) is 0 Å². The minimum absolute atomic E-state index is 0.186. The summed E-state index contributed by atoms with van der Waals surface area (Å²) < 4.78 is 0. The molecule has 2 N–H and O–H groups in total. The molecule has 1 aromatic carbocycles. The van der Waals surface area contributed by atoms with Crippen molar-refractivity contribution in [2.24, 2.45) is 11.1 Å². The number of anilines is 1. The highest BCUT2D eigenvalue weighted by molar-refractivity contribution is 5.98. The summed E-state index contributed by atoms with van der Waals surface area (Å²) >= 11 is 0. The van der Waals surface area contributed by atoms with Crippen LogP contribution in [-0.4, -0.2) is 12.5 Å². The molecule has 20 heavy (non-hydrogen) atoms. The van der Waals surface area contributed by atoms with Crippen LogP contribution in [0.25, 0.3) is 0 Å². The highest BCUT2D eigenvalue weighted by Crippen LogP contribution is 2.36. The minimum atomic E-state index is -0.376. The average Bonchev–Trinajstić information content (AvgIpc) is 2.34. The molecule has 2 rings (SSSR count). The first-order chi connectivity index (χ1) is 9.12. The van der Waals surface area contributed by atoms with Crippen molar-refractivity contribution in [1.29, 1.82) is 0 Å². The third-order valence-corrected chi connectivity index (χ3v) is 3.83. The fourth-order valence-corrected chi connectivity index (χ4v) is 2.84. The van der Waals surface area contributed by atoms with Crippen LogP contribution in [0.15, 0.2) is 18.2 Å². The third kappa shape index (κ3) is 2.73. The number of amides is 1. The molecule has 1 aliphatic heterocycles. The van der Waals surface area contributed by atoms with Crippen LogP contribution in [0.4, 0.5) is 5.69 Å². The van der Waals surface area contributed by atoms with Gasteiger partial charge in [0, 0.05) is 23.2 Å². The maximum absolute atomic E-state index is 12.6. The SMILES string of the molecule is CC(C)(C)C(=O)N1CCCc2c1cccc2C(C)(C)N. The molecule has 1 heterocycles. The van der Waals surface area contributed by atoms with Gasteiger partial charge in [0.25, 0.3) is 0 Å². The fourth-order valence-electron chi connectivity index (χ4n) is 2.84. The first-order valence-electron chi connectivity index (χ1n) is 7.35. The zero-order chi connectivity index (χ0) is 15.1. The zero-order valence-electron chi connectivity index (χ0n) is 13.3. The van der Waals surface area contributed by atoms with Gasteiger partial charge in [-0.1, -0.05) is 32.9 Å². The number of carbonyl (C=O) groups excluding carboxylic acids is 1. The first kappa shape index (κ1) is 15.0. The summed E-state index contributed by atoms with van der Waals surface area (Å²) in [7, 11) is 0. The van der Waals surface area contributed by atoms with Crippen LogP contribution in [0.5, 0.6) is 0 Å². The van der Waals surface area contributed by atoms with E-state index in [2.05, 4.69) is 6.07 Å². The van der Waals surface area contributed by atoms with E-state index in [4.69, 9.17) is 5.73 Å². The Bertz CT molecular complexity index is 521. The monoisotopic (exact) mass is 274 g/mol. The van der Waals surface area contributed by atoms with Gasteiger partial charge in [-0.3, -0.25) is 4.79 Å². The van der Waals surface area contributed by atoms with E-state index in [1.807, 2.05) is 51.7 Å². The molecule has 0 atom stereocenters. The van der Waals surface area contributed by atoms with E-state index in [-0.39, 0.29) is 16.9 Å². The molecule has 0 aliphatic carbocycles. The second kappa shape index (κ2) is 4.88. The fraction of sp³-hybridized carbons (Fsp3) is 0.588. The van der Waals surface area contributed by atoms with Crippen molar-refractivity contribution < 1.29 is 4.79 Å². The Kier molecular flexibility index (Phi) is 3.67. The van der Waals surface area contributed by atoms with E-state index >= 15 is 0 Å². The Labute approximate surface area is 122 Å². The van der Waals surface area contributed by atoms with Gasteiger partial charge in [0.2, 0.25) is 5.91 Å². The second-order valence-electron chi connectivity index (χ2n) is 7.34. The lowest BCUT2D eigenvalue weighted by Crippen LogP contribution is -2.43. The summed E-state index contributed by atoms with van der Waals surface area (Å²) in [6, 6.07) is 6.15. The van der Waals surface area contributed by atoms with Crippen molar-refractivity contribution in [3.05, 3.63) is 29.3 Å². The summed E-state index contributed by atoms with van der Waals surface area (Å²) in [4.78, 5) is 14.6. The molecule has 1 amide bonds. The number of nitrogens with zero attached hydrogens (tertiary/aromatic N) is 1. The van der Waals surface area contributed by atoms with Gasteiger partial charge in [-0.15, -0.1) is 0 Å². The van der Waals surface area contributed by atoms with E-state index in [1.54, 1.807) is 0 Å². The van der Waals surface area contributed by atoms with Gasteiger partial charge in [0.15, 0.2) is 0 Å². The molecule has 0 bridgehead atoms. The Morgan fingerprint density at radius 2 is 1.85 bits per heavy atom. The second-order valence-corrected chi connectivity index (χ2v) is 7.34. The van der Waals surface area contributed by atoms with Gasteiger partial charge in [-0.2, -0.15) is 0 Å². The first-order valence-corrected chi connectivity index (χ1v) is 7.35. The van der Waals surface area contributed by atoms with Crippen molar-refractivity contribution in [1.82, 2.24) is 0 Å². The van der Waals surface area contributed by atoms with E-state index in [1.165, 1.54) is 5.56 Å². The molecule has 0 unspecified atom stereocenters. The smallest absolute Gasteiger partial charge is 0.232 e. The van der Waals surface area contributed by atoms with Gasteiger partial charge in [-0.05, 0) is 43.9 Å². The molecule has 3 heteroatoms. The molecular formula is C17H26N2O. The van der Waals surface area contributed by atoms with Crippen molar-refractivity contribution in [3.63, 3.8) is 0 Å². The Morgan fingerprint density at radius 1 is 1.20 bits per heavy atom. The van der Waals surface area contributed by atoms with Gasteiger partial charge in [0.1, 0.15) is 0 Å². The standard InChI is InChI=1S/C17H26N2O/c1-16(2,3)15(20)19-11-7-8-12-13(17(4,5)18)9-6-10-14(12)19/h6,9-10H,7-8,11,18H2,1-5H3. The number of nitrogens with two attached hydrogens (primary N) is 1. The third-order valence-electron chi connectivity index (χ3n) is 3.83. The molecule has 0 spiro atoms. The highest BCUT2D eigenvalue weighted by Gasteiger charge is 2.32. The van der Waals surface area contributed by atoms with Crippen molar-refractivity contribution in [2.75, 3.05) is 11.4 Å². The van der Waals surface area contributed by atoms with Gasteiger partial charge in [0.05, 0.1) is 0 Å². The van der Waals surface area contributed by atoms with E-state index in [9.17, 15) is 4.79 Å². The lowest BCUT2D eigenvalue weighted by Gasteiger charge is -2.36. The normalized spacial score (nSPS) is 16.0. The van der Waals surface area contributed by atoms with Crippen LogP contribution in [-0.2, 0) is 16.8 Å². The van der Waals surface area contributed by atoms with Gasteiger partial charge >= 0.3 is 0 Å². The number of rotatable bonds is 1. The summed E-state index contributed by atoms with van der Waals surface area (Å²) in [5.41, 5.74) is 8.99. The van der Waals surface area contributed by atoms with Crippen LogP contribution in [0, 0.1) is 5.41 Å². The predicted octanol–water partition coefficient (Wildman–Crippen LogP) is 3.21. The van der Waals surface area contributed by atoms with E-state index in [0.29, 0.717) is 0 Å². The van der Waals surface area contributed by atoms with Crippen LogP contribution < -0.4 is 10.6 Å². The molecule has 0 saturated heterocycles. The molecule has 3 nitrogen and oxygen atoms in total. The Morgan fingerprint density at radius 3 is 2.40 bits per heavy atom. The molecule has 0 aromatic heterocycles. The average molecular weight is 274 g/mol. The Hall–Kier alpha value is -1.35. The topological polar surface area (TPSA) is 46.3 Å². The van der Waals surface area contributed by atoms with Gasteiger partial charge < -0.3 is 10.6 Å². The molecule has 110 valence electrons. The minimum Gasteiger partial charge on any atom is -0.322 e. The molecule has 0 saturated carbocycles. The number of carbonyl (C=O) groups is 1. The van der Waals surface area contributed by atoms with Crippen LogP contribution in [0.3, 0.4) is 0 Å². The molecule has 0 fully saturated rings. The summed E-state index contributed by atoms with van der Waals surface area (Å²) in [6.45, 7) is 10.8. The largest absolute Gasteiger partial charge is 0.322 e. The molecule has 1 aromatic rings. The zero-order valence-corrected chi connectivity index (χ0v) is 13.3. The number of benzene rings is 1. The van der Waals surface area contributed by atoms with Crippen LogP contribution in [0.1, 0.15) is 52.2 Å².